The summed E-state index contributed by atoms with van der Waals surface area (Å²) in [5, 5.41) is 2.92. The van der Waals surface area contributed by atoms with Crippen LogP contribution in [-0.4, -0.2) is 22.7 Å². The van der Waals surface area contributed by atoms with Gasteiger partial charge in [0.2, 0.25) is 0 Å². The van der Waals surface area contributed by atoms with E-state index in [1.54, 1.807) is 17.0 Å². The Morgan fingerprint density at radius 1 is 1.03 bits per heavy atom. The third kappa shape index (κ3) is 5.55. The first-order valence-electron chi connectivity index (χ1n) is 10.9. The van der Waals surface area contributed by atoms with E-state index in [9.17, 15) is 9.59 Å². The third-order valence-electron chi connectivity index (χ3n) is 5.21. The molecule has 0 unspecified atom stereocenters. The van der Waals surface area contributed by atoms with E-state index >= 15 is 0 Å². The van der Waals surface area contributed by atoms with Crippen LogP contribution in [-0.2, 0) is 9.59 Å². The molecular formula is C27H24N2O3S2. The van der Waals surface area contributed by atoms with Gasteiger partial charge in [0.1, 0.15) is 5.75 Å². The van der Waals surface area contributed by atoms with Crippen molar-refractivity contribution in [1.29, 1.82) is 0 Å². The van der Waals surface area contributed by atoms with Crippen LogP contribution in [0, 0.1) is 0 Å². The van der Waals surface area contributed by atoms with Crippen molar-refractivity contribution < 1.29 is 14.3 Å². The van der Waals surface area contributed by atoms with Crippen molar-refractivity contribution in [3.05, 3.63) is 94.9 Å². The minimum atomic E-state index is -0.221. The van der Waals surface area contributed by atoms with Crippen LogP contribution in [0.15, 0.2) is 83.8 Å². The summed E-state index contributed by atoms with van der Waals surface area (Å²) >= 11 is 6.69. The summed E-state index contributed by atoms with van der Waals surface area (Å²) in [5.41, 5.74) is 3.48. The summed E-state index contributed by atoms with van der Waals surface area (Å²) in [5.74, 6) is 0.515. The number of ether oxygens (including phenoxy) is 1. The summed E-state index contributed by atoms with van der Waals surface area (Å²) < 4.78 is 6.15. The smallest absolute Gasteiger partial charge is 0.270 e. The molecule has 3 aromatic rings. The fourth-order valence-electron chi connectivity index (χ4n) is 3.53. The quantitative estimate of drug-likeness (QED) is 0.315. The number of thioether (sulfide) groups is 1. The predicted molar refractivity (Wildman–Crippen MR) is 143 cm³/mol. The summed E-state index contributed by atoms with van der Waals surface area (Å²) in [7, 11) is 0. The molecule has 4 rings (SSSR count). The first-order valence-corrected chi connectivity index (χ1v) is 12.1. The molecule has 0 bridgehead atoms. The van der Waals surface area contributed by atoms with E-state index in [4.69, 9.17) is 17.0 Å². The van der Waals surface area contributed by atoms with Gasteiger partial charge in [0.15, 0.2) is 10.9 Å². The van der Waals surface area contributed by atoms with Gasteiger partial charge in [-0.1, -0.05) is 86.4 Å². The van der Waals surface area contributed by atoms with E-state index < -0.39 is 0 Å². The Balaban J connectivity index is 1.36. The maximum absolute atomic E-state index is 12.9. The number of carbonyl (C=O) groups is 2. The molecule has 0 radical (unpaired) electrons. The molecule has 1 aliphatic heterocycles. The number of thiocarbonyl (C=S) groups is 1. The van der Waals surface area contributed by atoms with Gasteiger partial charge < -0.3 is 10.1 Å². The van der Waals surface area contributed by atoms with Crippen LogP contribution in [0.25, 0.3) is 6.08 Å². The Kier molecular flexibility index (Phi) is 7.45. The van der Waals surface area contributed by atoms with Crippen molar-refractivity contribution in [2.45, 2.75) is 19.8 Å². The highest BCUT2D eigenvalue weighted by Gasteiger charge is 2.33. The highest BCUT2D eigenvalue weighted by Crippen LogP contribution is 2.36. The molecular weight excluding hydrogens is 464 g/mol. The van der Waals surface area contributed by atoms with Crippen LogP contribution in [0.4, 0.5) is 11.4 Å². The number of nitrogens with zero attached hydrogens (tertiary/aromatic N) is 1. The number of amides is 2. The van der Waals surface area contributed by atoms with Gasteiger partial charge in [0.25, 0.3) is 11.8 Å². The standard InChI is InChI=1S/C27H24N2O3S2/c1-18(2)22-10-6-7-11-23(22)28-25(30)17-32-21-14-12-19(13-15-21)16-24-26(31)29(27(33)34-24)20-8-4-3-5-9-20/h3-16,18H,17H2,1-2H3,(H,28,30)/b24-16+. The van der Waals surface area contributed by atoms with Gasteiger partial charge in [-0.2, -0.15) is 0 Å². The van der Waals surface area contributed by atoms with E-state index in [0.717, 1.165) is 22.5 Å². The monoisotopic (exact) mass is 488 g/mol. The average molecular weight is 489 g/mol. The fourth-order valence-corrected chi connectivity index (χ4v) is 4.83. The topological polar surface area (TPSA) is 58.6 Å². The second-order valence-corrected chi connectivity index (χ2v) is 9.68. The Morgan fingerprint density at radius 3 is 2.41 bits per heavy atom. The minimum Gasteiger partial charge on any atom is -0.484 e. The average Bonchev–Trinajstić information content (AvgIpc) is 3.12. The molecule has 0 spiro atoms. The van der Waals surface area contributed by atoms with Crippen LogP contribution in [0.1, 0.15) is 30.9 Å². The van der Waals surface area contributed by atoms with Crippen LogP contribution in [0.5, 0.6) is 5.75 Å². The molecule has 1 fully saturated rings. The number of hydrogen-bond donors (Lipinski definition) is 1. The Labute approximate surface area is 208 Å². The van der Waals surface area contributed by atoms with Crippen LogP contribution in [0.2, 0.25) is 0 Å². The second-order valence-electron chi connectivity index (χ2n) is 8.00. The normalized spacial score (nSPS) is 14.7. The first kappa shape index (κ1) is 23.7. The van der Waals surface area contributed by atoms with Crippen LogP contribution >= 0.6 is 24.0 Å². The molecule has 1 N–H and O–H groups in total. The van der Waals surface area contributed by atoms with E-state index in [-0.39, 0.29) is 18.4 Å². The van der Waals surface area contributed by atoms with Gasteiger partial charge in [-0.05, 0) is 53.5 Å². The summed E-state index contributed by atoms with van der Waals surface area (Å²) in [6.07, 6.45) is 1.81. The number of benzene rings is 3. The molecule has 2 amide bonds. The highest BCUT2D eigenvalue weighted by atomic mass is 32.2. The lowest BCUT2D eigenvalue weighted by Gasteiger charge is -2.14. The summed E-state index contributed by atoms with van der Waals surface area (Å²) in [6, 6.07) is 24.4. The lowest BCUT2D eigenvalue weighted by atomic mass is 10.0. The molecule has 0 saturated carbocycles. The van der Waals surface area contributed by atoms with Gasteiger partial charge in [0.05, 0.1) is 10.6 Å². The lowest BCUT2D eigenvalue weighted by Crippen LogP contribution is -2.27. The zero-order valence-electron chi connectivity index (χ0n) is 18.9. The maximum atomic E-state index is 12.9. The van der Waals surface area contributed by atoms with Crippen molar-refractivity contribution in [3.8, 4) is 5.75 Å². The van der Waals surface area contributed by atoms with E-state index in [0.29, 0.717) is 20.9 Å². The Bertz CT molecular complexity index is 1240. The van der Waals surface area contributed by atoms with E-state index in [2.05, 4.69) is 19.2 Å². The van der Waals surface area contributed by atoms with Gasteiger partial charge in [-0.3, -0.25) is 14.5 Å². The first-order chi connectivity index (χ1) is 16.4. The largest absolute Gasteiger partial charge is 0.484 e. The van der Waals surface area contributed by atoms with Crippen LogP contribution in [0.3, 0.4) is 0 Å². The summed E-state index contributed by atoms with van der Waals surface area (Å²) in [6.45, 7) is 4.08. The number of anilines is 2. The zero-order valence-corrected chi connectivity index (χ0v) is 20.5. The van der Waals surface area contributed by atoms with Gasteiger partial charge >= 0.3 is 0 Å². The van der Waals surface area contributed by atoms with Crippen LogP contribution < -0.4 is 15.0 Å². The minimum absolute atomic E-state index is 0.0957. The predicted octanol–water partition coefficient (Wildman–Crippen LogP) is 6.23. The van der Waals surface area contributed by atoms with Crippen molar-refractivity contribution >= 4 is 57.6 Å². The number of carbonyl (C=O) groups excluding carboxylic acids is 2. The molecule has 7 heteroatoms. The molecule has 1 saturated heterocycles. The van der Waals surface area contributed by atoms with Gasteiger partial charge in [0, 0.05) is 5.69 Å². The van der Waals surface area contributed by atoms with Crippen molar-refractivity contribution in [2.75, 3.05) is 16.8 Å². The number of nitrogens with one attached hydrogen (secondary N) is 1. The van der Waals surface area contributed by atoms with Gasteiger partial charge in [-0.25, -0.2) is 0 Å². The molecule has 1 aliphatic rings. The van der Waals surface area contributed by atoms with Crippen molar-refractivity contribution in [3.63, 3.8) is 0 Å². The third-order valence-corrected chi connectivity index (χ3v) is 6.51. The summed E-state index contributed by atoms with van der Waals surface area (Å²) in [4.78, 5) is 27.3. The highest BCUT2D eigenvalue weighted by molar-refractivity contribution is 8.27. The van der Waals surface area contributed by atoms with E-state index in [1.165, 1.54) is 11.8 Å². The molecule has 0 atom stereocenters. The van der Waals surface area contributed by atoms with Crippen molar-refractivity contribution in [1.82, 2.24) is 0 Å². The molecule has 1 heterocycles. The Morgan fingerprint density at radius 2 is 1.71 bits per heavy atom. The number of para-hydroxylation sites is 2. The lowest BCUT2D eigenvalue weighted by molar-refractivity contribution is -0.118. The molecule has 0 aliphatic carbocycles. The number of rotatable bonds is 7. The molecule has 0 aromatic heterocycles. The van der Waals surface area contributed by atoms with Gasteiger partial charge in [-0.15, -0.1) is 0 Å². The molecule has 3 aromatic carbocycles. The van der Waals surface area contributed by atoms with E-state index in [1.807, 2.05) is 72.8 Å². The fraction of sp³-hybridized carbons (Fsp3) is 0.148. The molecule has 34 heavy (non-hydrogen) atoms. The number of hydrogen-bond acceptors (Lipinski definition) is 5. The van der Waals surface area contributed by atoms with Crippen molar-refractivity contribution in [2.24, 2.45) is 0 Å². The molecule has 5 nitrogen and oxygen atoms in total. The maximum Gasteiger partial charge on any atom is 0.270 e. The zero-order chi connectivity index (χ0) is 24.1. The Hall–Kier alpha value is -3.42. The second kappa shape index (κ2) is 10.7. The molecule has 172 valence electrons. The SMILES string of the molecule is CC(C)c1ccccc1NC(=O)COc1ccc(/C=C2/SC(=S)N(c3ccccc3)C2=O)cc1.